The molecule has 0 aromatic rings. The molecule has 1 rings (SSSR count). The van der Waals surface area contributed by atoms with Gasteiger partial charge < -0.3 is 5.32 Å². The molecule has 1 aliphatic rings. The molecule has 0 saturated heterocycles. The van der Waals surface area contributed by atoms with E-state index in [0.717, 1.165) is 18.8 Å². The summed E-state index contributed by atoms with van der Waals surface area (Å²) in [6.07, 6.45) is 2.00. The summed E-state index contributed by atoms with van der Waals surface area (Å²) < 4.78 is 0. The van der Waals surface area contributed by atoms with E-state index in [1.807, 2.05) is 20.8 Å². The van der Waals surface area contributed by atoms with Crippen LogP contribution in [0.25, 0.3) is 0 Å². The summed E-state index contributed by atoms with van der Waals surface area (Å²) in [5.74, 6) is 1.20. The Morgan fingerprint density at radius 1 is 1.40 bits per heavy atom. The second-order valence-electron chi connectivity index (χ2n) is 3.81. The van der Waals surface area contributed by atoms with E-state index in [1.54, 1.807) is 0 Å². The van der Waals surface area contributed by atoms with E-state index in [4.69, 9.17) is 0 Å². The number of nitrogens with one attached hydrogen (secondary N) is 1. The molecular weight excluding hydrogens is 126 g/mol. The number of amides is 1. The molecule has 0 bridgehead atoms. The molecule has 1 aliphatic carbocycles. The molecule has 0 aromatic heterocycles. The van der Waals surface area contributed by atoms with Crippen molar-refractivity contribution in [2.75, 3.05) is 0 Å². The van der Waals surface area contributed by atoms with Crippen molar-refractivity contribution >= 4 is 5.91 Å². The summed E-state index contributed by atoms with van der Waals surface area (Å²) in [5, 5.41) is 2.91. The molecule has 0 atom stereocenters. The molecule has 57 valence electrons. The summed E-state index contributed by atoms with van der Waals surface area (Å²) in [6.45, 7) is 5.98. The monoisotopic (exact) mass is 140 g/mol. The van der Waals surface area contributed by atoms with Crippen LogP contribution in [-0.4, -0.2) is 11.4 Å². The maximum absolute atomic E-state index is 11.1. The maximum Gasteiger partial charge on any atom is 0.227 e. The van der Waals surface area contributed by atoms with Gasteiger partial charge in [0.05, 0.1) is 5.92 Å². The molecular formula is C8H14NO. The molecule has 2 heteroatoms. The molecule has 0 aliphatic heterocycles. The molecule has 1 amide bonds. The summed E-state index contributed by atoms with van der Waals surface area (Å²) >= 11 is 0. The molecule has 2 nitrogen and oxygen atoms in total. The van der Waals surface area contributed by atoms with Gasteiger partial charge in [-0.25, -0.2) is 0 Å². The third-order valence-electron chi connectivity index (χ3n) is 1.31. The predicted molar refractivity (Wildman–Crippen MR) is 40.4 cm³/mol. The van der Waals surface area contributed by atoms with Crippen molar-refractivity contribution in [2.24, 2.45) is 0 Å². The van der Waals surface area contributed by atoms with Crippen molar-refractivity contribution in [1.29, 1.82) is 0 Å². The summed E-state index contributed by atoms with van der Waals surface area (Å²) in [5.41, 5.74) is -0.0767. The van der Waals surface area contributed by atoms with Gasteiger partial charge in [-0.05, 0) is 33.6 Å². The highest BCUT2D eigenvalue weighted by Gasteiger charge is 2.32. The molecule has 0 heterocycles. The Kier molecular flexibility index (Phi) is 1.71. The average molecular weight is 140 g/mol. The number of carbonyl (C=O) groups is 1. The number of hydrogen-bond donors (Lipinski definition) is 1. The Balaban J connectivity index is 2.30. The van der Waals surface area contributed by atoms with Crippen LogP contribution >= 0.6 is 0 Å². The van der Waals surface area contributed by atoms with Crippen LogP contribution in [0.5, 0.6) is 0 Å². The van der Waals surface area contributed by atoms with E-state index in [-0.39, 0.29) is 11.4 Å². The summed E-state index contributed by atoms with van der Waals surface area (Å²) in [6, 6.07) is 0. The van der Waals surface area contributed by atoms with Crippen molar-refractivity contribution in [3.8, 4) is 0 Å². The predicted octanol–water partition coefficient (Wildman–Crippen LogP) is 1.27. The fraction of sp³-hybridized carbons (Fsp3) is 0.750. The van der Waals surface area contributed by atoms with E-state index in [9.17, 15) is 4.79 Å². The molecule has 1 N–H and O–H groups in total. The first-order valence-corrected chi connectivity index (χ1v) is 3.66. The minimum absolute atomic E-state index is 0.0767. The largest absolute Gasteiger partial charge is 0.351 e. The summed E-state index contributed by atoms with van der Waals surface area (Å²) in [4.78, 5) is 11.1. The van der Waals surface area contributed by atoms with Gasteiger partial charge in [0.1, 0.15) is 0 Å². The Labute approximate surface area is 62.0 Å². The molecule has 0 unspecified atom stereocenters. The quantitative estimate of drug-likeness (QED) is 0.584. The highest BCUT2D eigenvalue weighted by molar-refractivity contribution is 5.93. The van der Waals surface area contributed by atoms with Crippen molar-refractivity contribution in [1.82, 2.24) is 5.32 Å². The van der Waals surface area contributed by atoms with Crippen molar-refractivity contribution in [3.05, 3.63) is 5.92 Å². The SMILES string of the molecule is CC(C)(C)NC(=O)[C]1CC1. The van der Waals surface area contributed by atoms with Crippen LogP contribution in [-0.2, 0) is 4.79 Å². The molecule has 0 aromatic carbocycles. The van der Waals surface area contributed by atoms with Gasteiger partial charge in [-0.1, -0.05) is 0 Å². The van der Waals surface area contributed by atoms with Gasteiger partial charge in [-0.15, -0.1) is 0 Å². The first-order chi connectivity index (χ1) is 4.49. The van der Waals surface area contributed by atoms with E-state index < -0.39 is 0 Å². The van der Waals surface area contributed by atoms with Gasteiger partial charge in [-0.3, -0.25) is 4.79 Å². The third kappa shape index (κ3) is 2.38. The Hall–Kier alpha value is -0.530. The lowest BCUT2D eigenvalue weighted by atomic mass is 10.1. The molecule has 1 fully saturated rings. The van der Waals surface area contributed by atoms with Gasteiger partial charge in [-0.2, -0.15) is 0 Å². The minimum atomic E-state index is -0.0767. The van der Waals surface area contributed by atoms with Crippen LogP contribution < -0.4 is 5.32 Å². The lowest BCUT2D eigenvalue weighted by molar-refractivity contribution is -0.119. The Morgan fingerprint density at radius 2 is 1.90 bits per heavy atom. The lowest BCUT2D eigenvalue weighted by Gasteiger charge is -2.19. The molecule has 1 radical (unpaired) electrons. The lowest BCUT2D eigenvalue weighted by Crippen LogP contribution is -2.41. The average Bonchev–Trinajstić information content (AvgIpc) is 2.35. The zero-order chi connectivity index (χ0) is 7.78. The maximum atomic E-state index is 11.1. The second-order valence-corrected chi connectivity index (χ2v) is 3.81. The summed E-state index contributed by atoms with van der Waals surface area (Å²) in [7, 11) is 0. The van der Waals surface area contributed by atoms with Gasteiger partial charge in [0.2, 0.25) is 5.91 Å². The van der Waals surface area contributed by atoms with E-state index in [0.29, 0.717) is 0 Å². The van der Waals surface area contributed by atoms with Crippen molar-refractivity contribution in [3.63, 3.8) is 0 Å². The van der Waals surface area contributed by atoms with E-state index in [2.05, 4.69) is 5.32 Å². The topological polar surface area (TPSA) is 29.1 Å². The fourth-order valence-electron chi connectivity index (χ4n) is 0.719. The standard InChI is InChI=1S/C8H14NO/c1-8(2,3)9-7(10)6-4-5-6/h4-5H2,1-3H3,(H,9,10). The number of carbonyl (C=O) groups excluding carboxylic acids is 1. The van der Waals surface area contributed by atoms with Crippen LogP contribution in [0.15, 0.2) is 0 Å². The second kappa shape index (κ2) is 2.26. The zero-order valence-corrected chi connectivity index (χ0v) is 6.82. The van der Waals surface area contributed by atoms with Gasteiger partial charge >= 0.3 is 0 Å². The Morgan fingerprint density at radius 3 is 2.20 bits per heavy atom. The van der Waals surface area contributed by atoms with Crippen LogP contribution in [0.4, 0.5) is 0 Å². The zero-order valence-electron chi connectivity index (χ0n) is 6.82. The highest BCUT2D eigenvalue weighted by Crippen LogP contribution is 2.32. The van der Waals surface area contributed by atoms with Gasteiger partial charge in [0.15, 0.2) is 0 Å². The van der Waals surface area contributed by atoms with Gasteiger partial charge in [0, 0.05) is 5.54 Å². The minimum Gasteiger partial charge on any atom is -0.351 e. The first kappa shape index (κ1) is 7.58. The number of rotatable bonds is 1. The smallest absolute Gasteiger partial charge is 0.227 e. The highest BCUT2D eigenvalue weighted by atomic mass is 16.2. The third-order valence-corrected chi connectivity index (χ3v) is 1.31. The van der Waals surface area contributed by atoms with Crippen LogP contribution in [0.1, 0.15) is 33.6 Å². The molecule has 1 saturated carbocycles. The van der Waals surface area contributed by atoms with Crippen LogP contribution in [0.3, 0.4) is 0 Å². The van der Waals surface area contributed by atoms with E-state index in [1.165, 1.54) is 0 Å². The van der Waals surface area contributed by atoms with Crippen LogP contribution in [0, 0.1) is 5.92 Å². The molecule has 10 heavy (non-hydrogen) atoms. The fourth-order valence-corrected chi connectivity index (χ4v) is 0.719. The van der Waals surface area contributed by atoms with Crippen LogP contribution in [0.2, 0.25) is 0 Å². The first-order valence-electron chi connectivity index (χ1n) is 3.66. The normalized spacial score (nSPS) is 18.7. The van der Waals surface area contributed by atoms with Crippen molar-refractivity contribution in [2.45, 2.75) is 39.2 Å². The van der Waals surface area contributed by atoms with Crippen molar-refractivity contribution < 1.29 is 4.79 Å². The molecule has 0 spiro atoms. The van der Waals surface area contributed by atoms with E-state index >= 15 is 0 Å². The Bertz CT molecular complexity index is 142. The number of hydrogen-bond acceptors (Lipinski definition) is 1. The van der Waals surface area contributed by atoms with Gasteiger partial charge in [0.25, 0.3) is 0 Å².